The molecule has 1 aromatic heterocycles. The average molecular weight is 351 g/mol. The second-order valence-corrected chi connectivity index (χ2v) is 5.46. The highest BCUT2D eigenvalue weighted by Gasteiger charge is 2.07. The van der Waals surface area contributed by atoms with Crippen LogP contribution in [-0.2, 0) is 0 Å². The maximum absolute atomic E-state index is 5.77. The molecule has 1 atom stereocenters. The summed E-state index contributed by atoms with van der Waals surface area (Å²) < 4.78 is 11.8. The topological polar surface area (TPSA) is 43.4 Å². The Kier molecular flexibility index (Phi) is 5.59. The number of hydrogen-bond acceptors (Lipinski definition) is 4. The predicted molar refractivity (Wildman–Crippen MR) is 87.1 cm³/mol. The average Bonchev–Trinajstić information content (AvgIpc) is 2.50. The molecule has 1 unspecified atom stereocenters. The Labute approximate surface area is 133 Å². The van der Waals surface area contributed by atoms with Crippen molar-refractivity contribution in [2.75, 3.05) is 13.7 Å². The van der Waals surface area contributed by atoms with Crippen molar-refractivity contribution in [1.29, 1.82) is 0 Å². The van der Waals surface area contributed by atoms with E-state index in [1.807, 2.05) is 36.5 Å². The molecule has 0 aliphatic carbocycles. The van der Waals surface area contributed by atoms with Crippen LogP contribution in [0.5, 0.6) is 17.4 Å². The van der Waals surface area contributed by atoms with Crippen LogP contribution in [0.25, 0.3) is 0 Å². The number of rotatable bonds is 6. The van der Waals surface area contributed by atoms with Crippen LogP contribution in [0.2, 0.25) is 0 Å². The molecule has 0 spiro atoms. The van der Waals surface area contributed by atoms with Crippen molar-refractivity contribution in [1.82, 2.24) is 10.3 Å². The second-order valence-electron chi connectivity index (χ2n) is 4.61. The molecule has 0 saturated heterocycles. The molecule has 1 aromatic carbocycles. The first-order valence-electron chi connectivity index (χ1n) is 6.84. The molecule has 0 aliphatic rings. The van der Waals surface area contributed by atoms with Crippen molar-refractivity contribution >= 4 is 15.9 Å². The number of ether oxygens (including phenoxy) is 2. The Hall–Kier alpha value is -1.59. The van der Waals surface area contributed by atoms with Crippen LogP contribution in [-0.4, -0.2) is 18.6 Å². The molecule has 0 amide bonds. The Morgan fingerprint density at radius 3 is 2.67 bits per heavy atom. The van der Waals surface area contributed by atoms with E-state index in [2.05, 4.69) is 40.1 Å². The lowest BCUT2D eigenvalue weighted by molar-refractivity contribution is 0.411. The van der Waals surface area contributed by atoms with E-state index >= 15 is 0 Å². The van der Waals surface area contributed by atoms with Gasteiger partial charge in [0, 0.05) is 18.3 Å². The molecule has 0 radical (unpaired) electrons. The summed E-state index contributed by atoms with van der Waals surface area (Å²) in [7, 11) is 1.63. The van der Waals surface area contributed by atoms with Crippen molar-refractivity contribution in [3.8, 4) is 17.4 Å². The Balaban J connectivity index is 2.10. The molecule has 1 N–H and O–H groups in total. The fraction of sp³-hybridized carbons (Fsp3) is 0.312. The number of benzene rings is 1. The van der Waals surface area contributed by atoms with Crippen LogP contribution in [0.15, 0.2) is 41.0 Å². The molecule has 112 valence electrons. The van der Waals surface area contributed by atoms with Crippen LogP contribution in [0.3, 0.4) is 0 Å². The molecule has 0 aliphatic heterocycles. The lowest BCUT2D eigenvalue weighted by Crippen LogP contribution is -2.17. The molecule has 5 heteroatoms. The van der Waals surface area contributed by atoms with Gasteiger partial charge in [-0.25, -0.2) is 4.98 Å². The maximum atomic E-state index is 5.77. The number of aromatic nitrogens is 1. The Morgan fingerprint density at radius 2 is 2.10 bits per heavy atom. The first kappa shape index (κ1) is 15.8. The number of hydrogen-bond donors (Lipinski definition) is 1. The molecule has 4 nitrogen and oxygen atoms in total. The normalized spacial score (nSPS) is 12.0. The molecule has 0 fully saturated rings. The van der Waals surface area contributed by atoms with E-state index in [4.69, 9.17) is 9.47 Å². The standard InChI is InChI=1S/C16H19BrN2O2/c1-4-18-11(2)12-5-8-16(19-10-12)21-15-7-6-13(20-3)9-14(15)17/h5-11,18H,4H2,1-3H3. The van der Waals surface area contributed by atoms with Gasteiger partial charge in [0.25, 0.3) is 0 Å². The summed E-state index contributed by atoms with van der Waals surface area (Å²) in [5.74, 6) is 2.04. The van der Waals surface area contributed by atoms with E-state index in [1.54, 1.807) is 7.11 Å². The van der Waals surface area contributed by atoms with Gasteiger partial charge in [0.05, 0.1) is 11.6 Å². The number of nitrogens with one attached hydrogen (secondary N) is 1. The summed E-state index contributed by atoms with van der Waals surface area (Å²) in [6.07, 6.45) is 1.83. The minimum atomic E-state index is 0.282. The van der Waals surface area contributed by atoms with Crippen molar-refractivity contribution in [2.45, 2.75) is 19.9 Å². The third-order valence-electron chi connectivity index (χ3n) is 3.12. The largest absolute Gasteiger partial charge is 0.497 e. The molecular formula is C16H19BrN2O2. The minimum Gasteiger partial charge on any atom is -0.497 e. The molecule has 1 heterocycles. The number of nitrogens with zero attached hydrogens (tertiary/aromatic N) is 1. The van der Waals surface area contributed by atoms with Gasteiger partial charge in [-0.05, 0) is 53.2 Å². The number of halogens is 1. The summed E-state index contributed by atoms with van der Waals surface area (Å²) in [5.41, 5.74) is 1.14. The number of pyridine rings is 1. The summed E-state index contributed by atoms with van der Waals surface area (Å²) in [6.45, 7) is 5.13. The molecule has 0 bridgehead atoms. The van der Waals surface area contributed by atoms with Crippen LogP contribution in [0.4, 0.5) is 0 Å². The SMILES string of the molecule is CCNC(C)c1ccc(Oc2ccc(OC)cc2Br)nc1. The van der Waals surface area contributed by atoms with Crippen LogP contribution in [0.1, 0.15) is 25.5 Å². The lowest BCUT2D eigenvalue weighted by atomic mass is 10.1. The van der Waals surface area contributed by atoms with E-state index < -0.39 is 0 Å². The van der Waals surface area contributed by atoms with Gasteiger partial charge < -0.3 is 14.8 Å². The molecule has 0 saturated carbocycles. The zero-order valence-corrected chi connectivity index (χ0v) is 14.0. The van der Waals surface area contributed by atoms with Crippen molar-refractivity contribution < 1.29 is 9.47 Å². The Bertz CT molecular complexity index is 587. The van der Waals surface area contributed by atoms with E-state index in [1.165, 1.54) is 0 Å². The van der Waals surface area contributed by atoms with E-state index in [0.29, 0.717) is 11.6 Å². The minimum absolute atomic E-state index is 0.282. The van der Waals surface area contributed by atoms with Gasteiger partial charge in [-0.1, -0.05) is 13.0 Å². The summed E-state index contributed by atoms with van der Waals surface area (Å²) in [4.78, 5) is 4.35. The number of methoxy groups -OCH3 is 1. The van der Waals surface area contributed by atoms with Crippen molar-refractivity contribution in [3.05, 3.63) is 46.6 Å². The molecule has 21 heavy (non-hydrogen) atoms. The highest BCUT2D eigenvalue weighted by molar-refractivity contribution is 9.10. The molecule has 2 aromatic rings. The zero-order valence-electron chi connectivity index (χ0n) is 12.4. The third-order valence-corrected chi connectivity index (χ3v) is 3.74. The monoisotopic (exact) mass is 350 g/mol. The fourth-order valence-corrected chi connectivity index (χ4v) is 2.37. The molecule has 2 rings (SSSR count). The first-order valence-corrected chi connectivity index (χ1v) is 7.64. The second kappa shape index (κ2) is 7.43. The van der Waals surface area contributed by atoms with Gasteiger partial charge in [-0.2, -0.15) is 0 Å². The van der Waals surface area contributed by atoms with Gasteiger partial charge in [0.15, 0.2) is 0 Å². The smallest absolute Gasteiger partial charge is 0.219 e. The van der Waals surface area contributed by atoms with E-state index in [-0.39, 0.29) is 6.04 Å². The van der Waals surface area contributed by atoms with Crippen LogP contribution < -0.4 is 14.8 Å². The Morgan fingerprint density at radius 1 is 1.29 bits per heavy atom. The van der Waals surface area contributed by atoms with Crippen LogP contribution in [0, 0.1) is 0 Å². The quantitative estimate of drug-likeness (QED) is 0.842. The van der Waals surface area contributed by atoms with Gasteiger partial charge in [0.1, 0.15) is 11.5 Å². The van der Waals surface area contributed by atoms with Gasteiger partial charge in [-0.15, -0.1) is 0 Å². The summed E-state index contributed by atoms with van der Waals surface area (Å²) >= 11 is 3.46. The maximum Gasteiger partial charge on any atom is 0.219 e. The van der Waals surface area contributed by atoms with Gasteiger partial charge >= 0.3 is 0 Å². The first-order chi connectivity index (χ1) is 10.1. The summed E-state index contributed by atoms with van der Waals surface area (Å²) in [6, 6.07) is 9.73. The fourth-order valence-electron chi connectivity index (χ4n) is 1.94. The van der Waals surface area contributed by atoms with Crippen LogP contribution >= 0.6 is 15.9 Å². The zero-order chi connectivity index (χ0) is 15.2. The lowest BCUT2D eigenvalue weighted by Gasteiger charge is -2.13. The van der Waals surface area contributed by atoms with E-state index in [9.17, 15) is 0 Å². The van der Waals surface area contributed by atoms with Crippen molar-refractivity contribution in [2.24, 2.45) is 0 Å². The third kappa shape index (κ3) is 4.19. The molecular weight excluding hydrogens is 332 g/mol. The van der Waals surface area contributed by atoms with E-state index in [0.717, 1.165) is 22.3 Å². The predicted octanol–water partition coefficient (Wildman–Crippen LogP) is 4.32. The van der Waals surface area contributed by atoms with Gasteiger partial charge in [0.2, 0.25) is 5.88 Å². The van der Waals surface area contributed by atoms with Gasteiger partial charge in [-0.3, -0.25) is 0 Å². The summed E-state index contributed by atoms with van der Waals surface area (Å²) in [5, 5.41) is 3.35. The highest BCUT2D eigenvalue weighted by Crippen LogP contribution is 2.32. The highest BCUT2D eigenvalue weighted by atomic mass is 79.9. The van der Waals surface area contributed by atoms with Crippen molar-refractivity contribution in [3.63, 3.8) is 0 Å².